The molecule has 1 aromatic carbocycles. The topological polar surface area (TPSA) is 84.6 Å². The number of aromatic nitrogens is 4. The molecule has 3 heterocycles. The van der Waals surface area contributed by atoms with Crippen molar-refractivity contribution in [3.63, 3.8) is 0 Å². The standard InChI is InChI=1S/C22H28N6O2/c1-4-17-15(3)25-22-23-14-24-28(22)21(17)27-12-10-16(11-13-27)20(29)26-18-8-6-7-9-19(18)30-5-2/h6-9,14,16H,4-5,10-13H2,1-3H3,(H,26,29). The van der Waals surface area contributed by atoms with Gasteiger partial charge in [-0.3, -0.25) is 4.79 Å². The van der Waals surface area contributed by atoms with Crippen LogP contribution in [0, 0.1) is 12.8 Å². The van der Waals surface area contributed by atoms with Crippen LogP contribution >= 0.6 is 0 Å². The highest BCUT2D eigenvalue weighted by atomic mass is 16.5. The maximum atomic E-state index is 12.9. The molecule has 0 atom stereocenters. The van der Waals surface area contributed by atoms with Gasteiger partial charge in [-0.2, -0.15) is 14.6 Å². The Morgan fingerprint density at radius 3 is 2.73 bits per heavy atom. The first kappa shape index (κ1) is 20.1. The van der Waals surface area contributed by atoms with Crippen molar-refractivity contribution in [1.29, 1.82) is 0 Å². The van der Waals surface area contributed by atoms with E-state index in [0.717, 1.165) is 49.6 Å². The van der Waals surface area contributed by atoms with E-state index in [1.54, 1.807) is 6.33 Å². The predicted molar refractivity (Wildman–Crippen MR) is 116 cm³/mol. The summed E-state index contributed by atoms with van der Waals surface area (Å²) in [4.78, 5) is 24.0. The largest absolute Gasteiger partial charge is 0.492 e. The predicted octanol–water partition coefficient (Wildman–Crippen LogP) is 3.25. The monoisotopic (exact) mass is 408 g/mol. The highest BCUT2D eigenvalue weighted by molar-refractivity contribution is 5.94. The van der Waals surface area contributed by atoms with Crippen LogP contribution in [0.15, 0.2) is 30.6 Å². The van der Waals surface area contributed by atoms with Gasteiger partial charge in [0.15, 0.2) is 0 Å². The van der Waals surface area contributed by atoms with Crippen molar-refractivity contribution >= 4 is 23.2 Å². The van der Waals surface area contributed by atoms with E-state index in [4.69, 9.17) is 4.74 Å². The third kappa shape index (κ3) is 3.81. The minimum absolute atomic E-state index is 0.0322. The molecule has 1 saturated heterocycles. The zero-order chi connectivity index (χ0) is 21.1. The normalized spacial score (nSPS) is 14.8. The zero-order valence-corrected chi connectivity index (χ0v) is 17.8. The molecule has 1 N–H and O–H groups in total. The Balaban J connectivity index is 1.48. The second-order valence-electron chi connectivity index (χ2n) is 7.50. The number of amides is 1. The third-order valence-electron chi connectivity index (χ3n) is 5.67. The van der Waals surface area contributed by atoms with Crippen molar-refractivity contribution in [3.8, 4) is 5.75 Å². The number of benzene rings is 1. The highest BCUT2D eigenvalue weighted by Gasteiger charge is 2.28. The number of piperidine rings is 1. The minimum atomic E-state index is -0.0322. The van der Waals surface area contributed by atoms with Crippen molar-refractivity contribution in [1.82, 2.24) is 19.6 Å². The summed E-state index contributed by atoms with van der Waals surface area (Å²) in [5.41, 5.74) is 2.90. The molecule has 0 radical (unpaired) electrons. The Morgan fingerprint density at radius 1 is 1.23 bits per heavy atom. The average molecular weight is 409 g/mol. The van der Waals surface area contributed by atoms with Gasteiger partial charge in [0.25, 0.3) is 5.78 Å². The van der Waals surface area contributed by atoms with E-state index in [0.29, 0.717) is 18.1 Å². The first-order valence-electron chi connectivity index (χ1n) is 10.6. The number of carbonyl (C=O) groups excluding carboxylic acids is 1. The number of rotatable bonds is 6. The lowest BCUT2D eigenvalue weighted by molar-refractivity contribution is -0.120. The van der Waals surface area contributed by atoms with E-state index < -0.39 is 0 Å². The first-order chi connectivity index (χ1) is 14.6. The number of fused-ring (bicyclic) bond motifs is 1. The van der Waals surface area contributed by atoms with Gasteiger partial charge in [-0.05, 0) is 45.2 Å². The Kier molecular flexibility index (Phi) is 5.83. The highest BCUT2D eigenvalue weighted by Crippen LogP contribution is 2.30. The van der Waals surface area contributed by atoms with Crippen molar-refractivity contribution in [2.75, 3.05) is 29.9 Å². The molecule has 8 heteroatoms. The molecule has 1 aliphatic rings. The molecular weight excluding hydrogens is 380 g/mol. The smallest absolute Gasteiger partial charge is 0.254 e. The van der Waals surface area contributed by atoms with Crippen LogP contribution in [0.25, 0.3) is 5.78 Å². The summed E-state index contributed by atoms with van der Waals surface area (Å²) in [5.74, 6) is 2.40. The van der Waals surface area contributed by atoms with Gasteiger partial charge in [-0.1, -0.05) is 19.1 Å². The SMILES string of the molecule is CCOc1ccccc1NC(=O)C1CCN(c2c(CC)c(C)nc3ncnn23)CC1. The summed E-state index contributed by atoms with van der Waals surface area (Å²) in [6.45, 7) is 8.23. The molecule has 0 aliphatic carbocycles. The lowest BCUT2D eigenvalue weighted by Gasteiger charge is -2.34. The fourth-order valence-corrected chi connectivity index (χ4v) is 4.15. The molecule has 0 saturated carbocycles. The van der Waals surface area contributed by atoms with Crippen LogP contribution in [-0.2, 0) is 11.2 Å². The summed E-state index contributed by atoms with van der Waals surface area (Å²) in [7, 11) is 0. The van der Waals surface area contributed by atoms with Crippen LogP contribution in [-0.4, -0.2) is 45.2 Å². The van der Waals surface area contributed by atoms with E-state index >= 15 is 0 Å². The maximum absolute atomic E-state index is 12.9. The summed E-state index contributed by atoms with van der Waals surface area (Å²) < 4.78 is 7.45. The number of ether oxygens (including phenoxy) is 1. The van der Waals surface area contributed by atoms with Crippen LogP contribution in [0.1, 0.15) is 37.9 Å². The Labute approximate surface area is 176 Å². The number of hydrogen-bond donors (Lipinski definition) is 1. The van der Waals surface area contributed by atoms with E-state index in [1.165, 1.54) is 5.56 Å². The Bertz CT molecular complexity index is 1040. The molecule has 1 aliphatic heterocycles. The quantitative estimate of drug-likeness (QED) is 0.674. The molecule has 2 aromatic heterocycles. The molecule has 1 amide bonds. The number of nitrogens with zero attached hydrogens (tertiary/aromatic N) is 5. The van der Waals surface area contributed by atoms with Gasteiger partial charge in [0.05, 0.1) is 12.3 Å². The molecule has 0 spiro atoms. The van der Waals surface area contributed by atoms with Gasteiger partial charge in [0, 0.05) is 30.3 Å². The molecule has 3 aromatic rings. The summed E-state index contributed by atoms with van der Waals surface area (Å²) in [6.07, 6.45) is 3.98. The minimum Gasteiger partial charge on any atom is -0.492 e. The zero-order valence-electron chi connectivity index (χ0n) is 17.8. The van der Waals surface area contributed by atoms with Gasteiger partial charge in [-0.15, -0.1) is 0 Å². The molecule has 8 nitrogen and oxygen atoms in total. The Morgan fingerprint density at radius 2 is 2.00 bits per heavy atom. The van der Waals surface area contributed by atoms with Crippen molar-refractivity contribution in [2.45, 2.75) is 40.0 Å². The van der Waals surface area contributed by atoms with E-state index in [-0.39, 0.29) is 11.8 Å². The first-order valence-corrected chi connectivity index (χ1v) is 10.6. The number of hydrogen-bond acceptors (Lipinski definition) is 6. The summed E-state index contributed by atoms with van der Waals surface area (Å²) >= 11 is 0. The van der Waals surface area contributed by atoms with Crippen LogP contribution in [0.3, 0.4) is 0 Å². The number of anilines is 2. The number of aryl methyl sites for hydroxylation is 1. The molecule has 30 heavy (non-hydrogen) atoms. The van der Waals surface area contributed by atoms with Crippen molar-refractivity contribution < 1.29 is 9.53 Å². The van der Waals surface area contributed by atoms with Crippen molar-refractivity contribution in [2.24, 2.45) is 5.92 Å². The lowest BCUT2D eigenvalue weighted by atomic mass is 9.95. The third-order valence-corrected chi connectivity index (χ3v) is 5.67. The fraction of sp³-hybridized carbons (Fsp3) is 0.455. The lowest BCUT2D eigenvalue weighted by Crippen LogP contribution is -2.39. The van der Waals surface area contributed by atoms with Gasteiger partial charge >= 0.3 is 0 Å². The number of carbonyl (C=O) groups is 1. The molecule has 158 valence electrons. The molecule has 4 rings (SSSR count). The molecular formula is C22H28N6O2. The van der Waals surface area contributed by atoms with Crippen molar-refractivity contribution in [3.05, 3.63) is 41.9 Å². The summed E-state index contributed by atoms with van der Waals surface area (Å²) in [6, 6.07) is 7.57. The maximum Gasteiger partial charge on any atom is 0.254 e. The van der Waals surface area contributed by atoms with Gasteiger partial charge < -0.3 is 15.0 Å². The van der Waals surface area contributed by atoms with E-state index in [1.807, 2.05) is 42.6 Å². The molecule has 0 unspecified atom stereocenters. The number of nitrogens with one attached hydrogen (secondary N) is 1. The second-order valence-corrected chi connectivity index (χ2v) is 7.50. The van der Waals surface area contributed by atoms with Crippen LogP contribution in [0.4, 0.5) is 11.5 Å². The molecule has 1 fully saturated rings. The number of para-hydroxylation sites is 2. The van der Waals surface area contributed by atoms with E-state index in [9.17, 15) is 4.79 Å². The van der Waals surface area contributed by atoms with Crippen LogP contribution in [0.2, 0.25) is 0 Å². The van der Waals surface area contributed by atoms with E-state index in [2.05, 4.69) is 32.2 Å². The van der Waals surface area contributed by atoms with Crippen LogP contribution < -0.4 is 15.0 Å². The van der Waals surface area contributed by atoms with Crippen LogP contribution in [0.5, 0.6) is 5.75 Å². The fourth-order valence-electron chi connectivity index (χ4n) is 4.15. The Hall–Kier alpha value is -3.16. The van der Waals surface area contributed by atoms with Gasteiger partial charge in [0.1, 0.15) is 17.9 Å². The second kappa shape index (κ2) is 8.69. The van der Waals surface area contributed by atoms with Gasteiger partial charge in [0.2, 0.25) is 5.91 Å². The summed E-state index contributed by atoms with van der Waals surface area (Å²) in [5, 5.41) is 7.45. The van der Waals surface area contributed by atoms with Gasteiger partial charge in [-0.25, -0.2) is 4.98 Å². The molecule has 0 bridgehead atoms. The average Bonchev–Trinajstić information content (AvgIpc) is 3.22.